The molecule has 1 aliphatic rings. The van der Waals surface area contributed by atoms with Crippen molar-refractivity contribution in [2.45, 2.75) is 13.3 Å². The Morgan fingerprint density at radius 3 is 2.82 bits per heavy atom. The van der Waals surface area contributed by atoms with Gasteiger partial charge in [-0.2, -0.15) is 0 Å². The van der Waals surface area contributed by atoms with Crippen molar-refractivity contribution in [3.8, 4) is 0 Å². The number of halogens is 1. The van der Waals surface area contributed by atoms with E-state index in [4.69, 9.17) is 17.3 Å². The van der Waals surface area contributed by atoms with E-state index in [0.29, 0.717) is 22.8 Å². The van der Waals surface area contributed by atoms with Crippen molar-refractivity contribution in [3.63, 3.8) is 0 Å². The number of carbonyl (C=O) groups excluding carboxylic acids is 1. The molecule has 0 radical (unpaired) electrons. The molecular formula is C13H15ClN2O. The largest absolute Gasteiger partial charge is 0.398 e. The van der Waals surface area contributed by atoms with Crippen molar-refractivity contribution in [1.82, 2.24) is 4.90 Å². The van der Waals surface area contributed by atoms with Gasteiger partial charge in [-0.05, 0) is 31.5 Å². The van der Waals surface area contributed by atoms with Crippen LogP contribution in [0, 0.1) is 0 Å². The zero-order chi connectivity index (χ0) is 12.4. The summed E-state index contributed by atoms with van der Waals surface area (Å²) in [4.78, 5) is 14.0. The average Bonchev–Trinajstić information content (AvgIpc) is 2.29. The molecule has 2 rings (SSSR count). The Morgan fingerprint density at radius 1 is 1.47 bits per heavy atom. The van der Waals surface area contributed by atoms with Gasteiger partial charge in [0.15, 0.2) is 0 Å². The van der Waals surface area contributed by atoms with E-state index in [1.54, 1.807) is 23.1 Å². The van der Waals surface area contributed by atoms with Crippen LogP contribution in [0.25, 0.3) is 0 Å². The van der Waals surface area contributed by atoms with Gasteiger partial charge in [0.25, 0.3) is 5.91 Å². The van der Waals surface area contributed by atoms with Crippen LogP contribution in [0.2, 0.25) is 5.02 Å². The van der Waals surface area contributed by atoms with Gasteiger partial charge in [0.2, 0.25) is 0 Å². The highest BCUT2D eigenvalue weighted by atomic mass is 35.5. The summed E-state index contributed by atoms with van der Waals surface area (Å²) in [6.45, 7) is 3.49. The van der Waals surface area contributed by atoms with Crippen LogP contribution in [0.4, 0.5) is 5.69 Å². The van der Waals surface area contributed by atoms with Gasteiger partial charge in [-0.3, -0.25) is 4.79 Å². The molecule has 0 aliphatic carbocycles. The molecule has 0 aromatic heterocycles. The summed E-state index contributed by atoms with van der Waals surface area (Å²) in [7, 11) is 0. The molecule has 1 aromatic carbocycles. The minimum atomic E-state index is -0.0251. The number of hydrogen-bond donors (Lipinski definition) is 1. The topological polar surface area (TPSA) is 46.3 Å². The fraction of sp³-hybridized carbons (Fsp3) is 0.308. The SMILES string of the molecule is CC1=CCN(C(=O)c2ccc(Cl)cc2N)CC1. The first-order chi connectivity index (χ1) is 8.08. The van der Waals surface area contributed by atoms with Crippen LogP contribution in [0.5, 0.6) is 0 Å². The number of anilines is 1. The summed E-state index contributed by atoms with van der Waals surface area (Å²) < 4.78 is 0. The molecule has 0 atom stereocenters. The van der Waals surface area contributed by atoms with E-state index in [1.165, 1.54) is 5.57 Å². The summed E-state index contributed by atoms with van der Waals surface area (Å²) in [6.07, 6.45) is 3.01. The van der Waals surface area contributed by atoms with Gasteiger partial charge in [-0.25, -0.2) is 0 Å². The molecule has 1 amide bonds. The second kappa shape index (κ2) is 4.80. The predicted molar refractivity (Wildman–Crippen MR) is 70.1 cm³/mol. The number of nitrogens with two attached hydrogens (primary N) is 1. The van der Waals surface area contributed by atoms with Crippen molar-refractivity contribution in [1.29, 1.82) is 0 Å². The molecule has 0 saturated heterocycles. The van der Waals surface area contributed by atoms with E-state index in [-0.39, 0.29) is 5.91 Å². The number of carbonyl (C=O) groups is 1. The molecule has 0 fully saturated rings. The Hall–Kier alpha value is -1.48. The molecule has 4 heteroatoms. The molecule has 0 unspecified atom stereocenters. The second-order valence-corrected chi connectivity index (χ2v) is 4.72. The third-order valence-electron chi connectivity index (χ3n) is 2.97. The molecule has 0 saturated carbocycles. The van der Waals surface area contributed by atoms with Crippen LogP contribution in [0.1, 0.15) is 23.7 Å². The molecule has 0 bridgehead atoms. The van der Waals surface area contributed by atoms with Gasteiger partial charge in [0, 0.05) is 23.8 Å². The maximum Gasteiger partial charge on any atom is 0.256 e. The van der Waals surface area contributed by atoms with E-state index in [2.05, 4.69) is 13.0 Å². The molecule has 2 N–H and O–H groups in total. The lowest BCUT2D eigenvalue weighted by molar-refractivity contribution is 0.0770. The number of amides is 1. The summed E-state index contributed by atoms with van der Waals surface area (Å²) >= 11 is 5.81. The maximum absolute atomic E-state index is 12.2. The predicted octanol–water partition coefficient (Wildman–Crippen LogP) is 2.71. The normalized spacial score (nSPS) is 15.6. The van der Waals surface area contributed by atoms with Crippen molar-refractivity contribution in [2.24, 2.45) is 0 Å². The Morgan fingerprint density at radius 2 is 2.24 bits per heavy atom. The molecular weight excluding hydrogens is 236 g/mol. The van der Waals surface area contributed by atoms with E-state index < -0.39 is 0 Å². The number of hydrogen-bond acceptors (Lipinski definition) is 2. The van der Waals surface area contributed by atoms with Gasteiger partial charge < -0.3 is 10.6 Å². The monoisotopic (exact) mass is 250 g/mol. The summed E-state index contributed by atoms with van der Waals surface area (Å²) in [5.41, 5.74) is 8.11. The lowest BCUT2D eigenvalue weighted by Crippen LogP contribution is -2.35. The Kier molecular flexibility index (Phi) is 3.38. The molecule has 3 nitrogen and oxygen atoms in total. The smallest absolute Gasteiger partial charge is 0.256 e. The fourth-order valence-electron chi connectivity index (χ4n) is 1.85. The molecule has 0 spiro atoms. The van der Waals surface area contributed by atoms with Crippen molar-refractivity contribution >= 4 is 23.2 Å². The van der Waals surface area contributed by atoms with E-state index in [9.17, 15) is 4.79 Å². The summed E-state index contributed by atoms with van der Waals surface area (Å²) in [5, 5.41) is 0.549. The maximum atomic E-state index is 12.2. The lowest BCUT2D eigenvalue weighted by Gasteiger charge is -2.26. The zero-order valence-corrected chi connectivity index (χ0v) is 10.5. The molecule has 1 aromatic rings. The minimum absolute atomic E-state index is 0.0251. The van der Waals surface area contributed by atoms with Crippen LogP contribution >= 0.6 is 11.6 Å². The first kappa shape index (κ1) is 12.0. The first-order valence-electron chi connectivity index (χ1n) is 5.58. The molecule has 1 heterocycles. The standard InChI is InChI=1S/C13H15ClN2O/c1-9-4-6-16(7-5-9)13(17)11-3-2-10(14)8-12(11)15/h2-4,8H,5-7,15H2,1H3. The van der Waals surface area contributed by atoms with Gasteiger partial charge in [0.1, 0.15) is 0 Å². The lowest BCUT2D eigenvalue weighted by atomic mass is 10.1. The van der Waals surface area contributed by atoms with E-state index >= 15 is 0 Å². The quantitative estimate of drug-likeness (QED) is 0.615. The molecule has 17 heavy (non-hydrogen) atoms. The van der Waals surface area contributed by atoms with Crippen LogP contribution in [-0.2, 0) is 0 Å². The highest BCUT2D eigenvalue weighted by molar-refractivity contribution is 6.31. The van der Waals surface area contributed by atoms with Crippen molar-refractivity contribution < 1.29 is 4.79 Å². The zero-order valence-electron chi connectivity index (χ0n) is 9.74. The summed E-state index contributed by atoms with van der Waals surface area (Å²) in [5.74, 6) is -0.0251. The Bertz CT molecular complexity index is 482. The van der Waals surface area contributed by atoms with Gasteiger partial charge in [-0.1, -0.05) is 23.3 Å². The number of nitrogen functional groups attached to an aromatic ring is 1. The van der Waals surface area contributed by atoms with Crippen LogP contribution in [0.3, 0.4) is 0 Å². The number of benzene rings is 1. The van der Waals surface area contributed by atoms with Gasteiger partial charge >= 0.3 is 0 Å². The third kappa shape index (κ3) is 2.61. The third-order valence-corrected chi connectivity index (χ3v) is 3.20. The highest BCUT2D eigenvalue weighted by Crippen LogP contribution is 2.21. The number of rotatable bonds is 1. The Balaban J connectivity index is 2.20. The molecule has 1 aliphatic heterocycles. The van der Waals surface area contributed by atoms with Crippen molar-refractivity contribution in [2.75, 3.05) is 18.8 Å². The van der Waals surface area contributed by atoms with E-state index in [0.717, 1.165) is 13.0 Å². The van der Waals surface area contributed by atoms with Gasteiger partial charge in [-0.15, -0.1) is 0 Å². The molecule has 90 valence electrons. The first-order valence-corrected chi connectivity index (χ1v) is 5.95. The van der Waals surface area contributed by atoms with Crippen LogP contribution in [0.15, 0.2) is 29.8 Å². The van der Waals surface area contributed by atoms with E-state index in [1.807, 2.05) is 0 Å². The van der Waals surface area contributed by atoms with Gasteiger partial charge in [0.05, 0.1) is 5.56 Å². The minimum Gasteiger partial charge on any atom is -0.398 e. The van der Waals surface area contributed by atoms with Crippen LogP contribution < -0.4 is 5.73 Å². The van der Waals surface area contributed by atoms with Crippen molar-refractivity contribution in [3.05, 3.63) is 40.4 Å². The average molecular weight is 251 g/mol. The Labute approximate surface area is 106 Å². The fourth-order valence-corrected chi connectivity index (χ4v) is 2.03. The second-order valence-electron chi connectivity index (χ2n) is 4.28. The van der Waals surface area contributed by atoms with Crippen LogP contribution in [-0.4, -0.2) is 23.9 Å². The summed E-state index contributed by atoms with van der Waals surface area (Å²) in [6, 6.07) is 4.99. The highest BCUT2D eigenvalue weighted by Gasteiger charge is 2.19. The number of nitrogens with zero attached hydrogens (tertiary/aromatic N) is 1.